The molecule has 0 aliphatic carbocycles. The molecular formula is C9H16F3N. The van der Waals surface area contributed by atoms with Crippen molar-refractivity contribution >= 4 is 0 Å². The second-order valence-corrected chi connectivity index (χ2v) is 4.07. The lowest BCUT2D eigenvalue weighted by atomic mass is 9.89. The predicted octanol–water partition coefficient (Wildman–Crippen LogP) is 2.57. The number of hydrogen-bond acceptors (Lipinski definition) is 1. The van der Waals surface area contributed by atoms with Crippen molar-refractivity contribution in [3.63, 3.8) is 0 Å². The number of rotatable bonds is 1. The Bertz CT molecular complexity index is 157. The summed E-state index contributed by atoms with van der Waals surface area (Å²) in [6, 6.07) is 0.263. The van der Waals surface area contributed by atoms with Gasteiger partial charge in [-0.25, -0.2) is 0 Å². The number of hydrogen-bond donors (Lipinski definition) is 1. The molecule has 2 atom stereocenters. The summed E-state index contributed by atoms with van der Waals surface area (Å²) in [5.74, 6) is -0.711. The number of halogens is 3. The summed E-state index contributed by atoms with van der Waals surface area (Å²) in [5, 5.41) is 2.96. The Morgan fingerprint density at radius 2 is 1.85 bits per heavy atom. The van der Waals surface area contributed by atoms with Gasteiger partial charge in [-0.3, -0.25) is 0 Å². The SMILES string of the molecule is CC(C)C1CCC(C(F)(F)F)CN1. The van der Waals surface area contributed by atoms with Gasteiger partial charge >= 0.3 is 6.18 Å². The molecule has 0 amide bonds. The molecule has 1 aliphatic rings. The Kier molecular flexibility index (Phi) is 3.22. The number of nitrogens with one attached hydrogen (secondary N) is 1. The number of alkyl halides is 3. The first-order valence-electron chi connectivity index (χ1n) is 4.71. The molecule has 0 spiro atoms. The van der Waals surface area contributed by atoms with Crippen LogP contribution in [-0.2, 0) is 0 Å². The third kappa shape index (κ3) is 2.86. The first kappa shape index (κ1) is 10.8. The van der Waals surface area contributed by atoms with Crippen LogP contribution in [0.15, 0.2) is 0 Å². The third-order valence-electron chi connectivity index (χ3n) is 2.72. The van der Waals surface area contributed by atoms with Crippen LogP contribution in [0, 0.1) is 11.8 Å². The van der Waals surface area contributed by atoms with E-state index in [4.69, 9.17) is 0 Å². The molecule has 0 aromatic rings. The molecule has 1 heterocycles. The summed E-state index contributed by atoms with van der Waals surface area (Å²) >= 11 is 0. The summed E-state index contributed by atoms with van der Waals surface area (Å²) in [5.41, 5.74) is 0. The molecule has 1 saturated heterocycles. The van der Waals surface area contributed by atoms with Gasteiger partial charge in [0, 0.05) is 12.6 Å². The van der Waals surface area contributed by atoms with E-state index in [-0.39, 0.29) is 19.0 Å². The van der Waals surface area contributed by atoms with Crippen molar-refractivity contribution < 1.29 is 13.2 Å². The van der Waals surface area contributed by atoms with Crippen LogP contribution >= 0.6 is 0 Å². The molecule has 0 aromatic carbocycles. The van der Waals surface area contributed by atoms with Crippen molar-refractivity contribution in [3.05, 3.63) is 0 Å². The lowest BCUT2D eigenvalue weighted by Crippen LogP contribution is -2.46. The van der Waals surface area contributed by atoms with E-state index in [2.05, 4.69) is 5.32 Å². The summed E-state index contributed by atoms with van der Waals surface area (Å²) < 4.78 is 36.7. The second kappa shape index (κ2) is 3.86. The van der Waals surface area contributed by atoms with Gasteiger partial charge in [-0.15, -0.1) is 0 Å². The van der Waals surface area contributed by atoms with E-state index in [0.29, 0.717) is 12.3 Å². The summed E-state index contributed by atoms with van der Waals surface area (Å²) in [6.07, 6.45) is -3.10. The van der Waals surface area contributed by atoms with E-state index in [0.717, 1.165) is 0 Å². The van der Waals surface area contributed by atoms with E-state index in [9.17, 15) is 13.2 Å². The Balaban J connectivity index is 2.39. The van der Waals surface area contributed by atoms with Crippen LogP contribution in [0.2, 0.25) is 0 Å². The lowest BCUT2D eigenvalue weighted by Gasteiger charge is -2.33. The van der Waals surface area contributed by atoms with Crippen molar-refractivity contribution in [3.8, 4) is 0 Å². The fraction of sp³-hybridized carbons (Fsp3) is 1.00. The second-order valence-electron chi connectivity index (χ2n) is 4.07. The van der Waals surface area contributed by atoms with Crippen LogP contribution in [0.4, 0.5) is 13.2 Å². The van der Waals surface area contributed by atoms with Crippen molar-refractivity contribution in [1.82, 2.24) is 5.32 Å². The van der Waals surface area contributed by atoms with Gasteiger partial charge in [0.2, 0.25) is 0 Å². The maximum Gasteiger partial charge on any atom is 0.393 e. The Hall–Kier alpha value is -0.250. The predicted molar refractivity (Wildman–Crippen MR) is 45.4 cm³/mol. The molecule has 13 heavy (non-hydrogen) atoms. The minimum Gasteiger partial charge on any atom is -0.313 e. The quantitative estimate of drug-likeness (QED) is 0.678. The van der Waals surface area contributed by atoms with Gasteiger partial charge in [-0.1, -0.05) is 13.8 Å². The summed E-state index contributed by atoms with van der Waals surface area (Å²) in [7, 11) is 0. The summed E-state index contributed by atoms with van der Waals surface area (Å²) in [6.45, 7) is 4.16. The average Bonchev–Trinajstić information content (AvgIpc) is 2.03. The third-order valence-corrected chi connectivity index (χ3v) is 2.72. The molecule has 1 aliphatic heterocycles. The molecule has 2 unspecified atom stereocenters. The highest BCUT2D eigenvalue weighted by Gasteiger charge is 2.41. The van der Waals surface area contributed by atoms with Crippen molar-refractivity contribution in [2.45, 2.75) is 38.9 Å². The highest BCUT2D eigenvalue weighted by atomic mass is 19.4. The van der Waals surface area contributed by atoms with Crippen LogP contribution in [0.25, 0.3) is 0 Å². The van der Waals surface area contributed by atoms with Crippen LogP contribution < -0.4 is 5.32 Å². The lowest BCUT2D eigenvalue weighted by molar-refractivity contribution is -0.180. The van der Waals surface area contributed by atoms with Crippen LogP contribution in [-0.4, -0.2) is 18.8 Å². The van der Waals surface area contributed by atoms with Gasteiger partial charge < -0.3 is 5.32 Å². The fourth-order valence-electron chi connectivity index (χ4n) is 1.73. The zero-order chi connectivity index (χ0) is 10.1. The zero-order valence-electron chi connectivity index (χ0n) is 7.99. The molecule has 78 valence electrons. The normalized spacial score (nSPS) is 30.9. The average molecular weight is 195 g/mol. The van der Waals surface area contributed by atoms with E-state index in [1.807, 2.05) is 13.8 Å². The monoisotopic (exact) mass is 195 g/mol. The van der Waals surface area contributed by atoms with E-state index in [1.54, 1.807) is 0 Å². The molecule has 1 N–H and O–H groups in total. The van der Waals surface area contributed by atoms with E-state index in [1.165, 1.54) is 0 Å². The molecule has 0 aromatic heterocycles. The highest BCUT2D eigenvalue weighted by Crippen LogP contribution is 2.32. The maximum atomic E-state index is 12.2. The fourth-order valence-corrected chi connectivity index (χ4v) is 1.73. The van der Waals surface area contributed by atoms with Gasteiger partial charge in [-0.2, -0.15) is 13.2 Å². The molecule has 0 saturated carbocycles. The van der Waals surface area contributed by atoms with Crippen LogP contribution in [0.3, 0.4) is 0 Å². The molecular weight excluding hydrogens is 179 g/mol. The minimum atomic E-state index is -4.02. The van der Waals surface area contributed by atoms with E-state index >= 15 is 0 Å². The smallest absolute Gasteiger partial charge is 0.313 e. The maximum absolute atomic E-state index is 12.2. The van der Waals surface area contributed by atoms with Crippen molar-refractivity contribution in [2.75, 3.05) is 6.54 Å². The van der Waals surface area contributed by atoms with Crippen molar-refractivity contribution in [1.29, 1.82) is 0 Å². The first-order valence-corrected chi connectivity index (χ1v) is 4.71. The largest absolute Gasteiger partial charge is 0.393 e. The molecule has 4 heteroatoms. The van der Waals surface area contributed by atoms with Gasteiger partial charge in [-0.05, 0) is 18.8 Å². The first-order chi connectivity index (χ1) is 5.91. The molecule has 1 rings (SSSR count). The molecule has 1 fully saturated rings. The van der Waals surface area contributed by atoms with Gasteiger partial charge in [0.1, 0.15) is 0 Å². The van der Waals surface area contributed by atoms with Crippen molar-refractivity contribution in [2.24, 2.45) is 11.8 Å². The molecule has 1 nitrogen and oxygen atoms in total. The van der Waals surface area contributed by atoms with Gasteiger partial charge in [0.25, 0.3) is 0 Å². The van der Waals surface area contributed by atoms with Crippen LogP contribution in [0.1, 0.15) is 26.7 Å². The Morgan fingerprint density at radius 3 is 2.15 bits per heavy atom. The Morgan fingerprint density at radius 1 is 1.23 bits per heavy atom. The zero-order valence-corrected chi connectivity index (χ0v) is 7.99. The topological polar surface area (TPSA) is 12.0 Å². The molecule has 0 radical (unpaired) electrons. The standard InChI is InChI=1S/C9H16F3N/c1-6(2)8-4-3-7(5-13-8)9(10,11)12/h6-8,13H,3-5H2,1-2H3. The van der Waals surface area contributed by atoms with Gasteiger partial charge in [0.05, 0.1) is 5.92 Å². The number of piperidine rings is 1. The molecule has 0 bridgehead atoms. The minimum absolute atomic E-state index is 0.0896. The Labute approximate surface area is 76.7 Å². The summed E-state index contributed by atoms with van der Waals surface area (Å²) in [4.78, 5) is 0. The van der Waals surface area contributed by atoms with Crippen LogP contribution in [0.5, 0.6) is 0 Å². The van der Waals surface area contributed by atoms with E-state index < -0.39 is 12.1 Å². The van der Waals surface area contributed by atoms with Gasteiger partial charge in [0.15, 0.2) is 0 Å². The highest BCUT2D eigenvalue weighted by molar-refractivity contribution is 4.82.